The molecule has 0 spiro atoms. The van der Waals surface area contributed by atoms with Gasteiger partial charge in [-0.3, -0.25) is 0 Å². The molecule has 102 valence electrons. The van der Waals surface area contributed by atoms with Crippen LogP contribution in [0.5, 0.6) is 0 Å². The van der Waals surface area contributed by atoms with Crippen molar-refractivity contribution in [1.82, 2.24) is 9.97 Å². The summed E-state index contributed by atoms with van der Waals surface area (Å²) in [5, 5.41) is 12.2. The Labute approximate surface area is 118 Å². The van der Waals surface area contributed by atoms with Crippen LogP contribution in [0.15, 0.2) is 24.3 Å². The van der Waals surface area contributed by atoms with Gasteiger partial charge in [0.05, 0.1) is 11.6 Å². The van der Waals surface area contributed by atoms with Crippen LogP contribution in [-0.2, 0) is 6.42 Å². The SMILES string of the molecule is CCCc1nc(N)cc(Nc2cc(C#N)ccc2C)n1. The lowest BCUT2D eigenvalue weighted by Crippen LogP contribution is -2.04. The second-order valence-electron chi connectivity index (χ2n) is 4.61. The fourth-order valence-electron chi connectivity index (χ4n) is 1.88. The first-order chi connectivity index (χ1) is 9.62. The lowest BCUT2D eigenvalue weighted by molar-refractivity contribution is 0.839. The Bertz CT molecular complexity index is 658. The van der Waals surface area contributed by atoms with E-state index in [0.717, 1.165) is 29.9 Å². The largest absolute Gasteiger partial charge is 0.384 e. The van der Waals surface area contributed by atoms with E-state index < -0.39 is 0 Å². The van der Waals surface area contributed by atoms with Crippen LogP contribution < -0.4 is 11.1 Å². The van der Waals surface area contributed by atoms with Gasteiger partial charge in [-0.05, 0) is 31.0 Å². The zero-order valence-corrected chi connectivity index (χ0v) is 11.6. The number of hydrogen-bond acceptors (Lipinski definition) is 5. The van der Waals surface area contributed by atoms with E-state index >= 15 is 0 Å². The first-order valence-electron chi connectivity index (χ1n) is 6.53. The summed E-state index contributed by atoms with van der Waals surface area (Å²) in [6.07, 6.45) is 1.75. The third-order valence-corrected chi connectivity index (χ3v) is 2.90. The standard InChI is InChI=1S/C15H17N5/c1-3-4-14-19-13(17)8-15(20-14)18-12-7-11(9-16)6-5-10(12)2/h5-8H,3-4H2,1-2H3,(H3,17,18,19,20). The molecule has 0 bridgehead atoms. The van der Waals surface area contributed by atoms with Crippen LogP contribution in [0.25, 0.3) is 0 Å². The smallest absolute Gasteiger partial charge is 0.136 e. The second kappa shape index (κ2) is 6.02. The molecule has 0 fully saturated rings. The number of nitrogens with one attached hydrogen (secondary N) is 1. The maximum atomic E-state index is 8.95. The van der Waals surface area contributed by atoms with E-state index in [1.165, 1.54) is 0 Å². The second-order valence-corrected chi connectivity index (χ2v) is 4.61. The summed E-state index contributed by atoms with van der Waals surface area (Å²) in [5.41, 5.74) is 8.29. The molecule has 0 aliphatic rings. The summed E-state index contributed by atoms with van der Waals surface area (Å²) >= 11 is 0. The van der Waals surface area contributed by atoms with Gasteiger partial charge in [0.1, 0.15) is 17.5 Å². The molecule has 1 heterocycles. The van der Waals surface area contributed by atoms with Gasteiger partial charge in [0.25, 0.3) is 0 Å². The van der Waals surface area contributed by atoms with Gasteiger partial charge in [-0.1, -0.05) is 13.0 Å². The van der Waals surface area contributed by atoms with Crippen LogP contribution in [0.1, 0.15) is 30.3 Å². The van der Waals surface area contributed by atoms with Gasteiger partial charge < -0.3 is 11.1 Å². The Morgan fingerprint density at radius 1 is 1.30 bits per heavy atom. The number of nitrogens with two attached hydrogens (primary N) is 1. The lowest BCUT2D eigenvalue weighted by atomic mass is 10.1. The average molecular weight is 267 g/mol. The van der Waals surface area contributed by atoms with Gasteiger partial charge in [-0.25, -0.2) is 9.97 Å². The summed E-state index contributed by atoms with van der Waals surface area (Å²) in [5.74, 6) is 1.82. The molecule has 0 saturated heterocycles. The predicted molar refractivity (Wildman–Crippen MR) is 79.6 cm³/mol. The van der Waals surface area contributed by atoms with Gasteiger partial charge in [0, 0.05) is 18.2 Å². The van der Waals surface area contributed by atoms with Crippen LogP contribution in [0.2, 0.25) is 0 Å². The Hall–Kier alpha value is -2.61. The highest BCUT2D eigenvalue weighted by atomic mass is 15.1. The quantitative estimate of drug-likeness (QED) is 0.889. The van der Waals surface area contributed by atoms with Crippen LogP contribution in [-0.4, -0.2) is 9.97 Å². The molecule has 0 aliphatic heterocycles. The minimum atomic E-state index is 0.444. The lowest BCUT2D eigenvalue weighted by Gasteiger charge is -2.10. The van der Waals surface area contributed by atoms with Crippen molar-refractivity contribution in [3.63, 3.8) is 0 Å². The molecule has 0 atom stereocenters. The highest BCUT2D eigenvalue weighted by molar-refractivity contribution is 5.64. The highest BCUT2D eigenvalue weighted by Crippen LogP contribution is 2.21. The molecular formula is C15H17N5. The third-order valence-electron chi connectivity index (χ3n) is 2.90. The fraction of sp³-hybridized carbons (Fsp3) is 0.267. The summed E-state index contributed by atoms with van der Waals surface area (Å²) < 4.78 is 0. The fourth-order valence-corrected chi connectivity index (χ4v) is 1.88. The van der Waals surface area contributed by atoms with E-state index in [1.54, 1.807) is 18.2 Å². The number of nitriles is 1. The topological polar surface area (TPSA) is 87.6 Å². The van der Waals surface area contributed by atoms with Crippen molar-refractivity contribution in [2.75, 3.05) is 11.1 Å². The number of anilines is 3. The van der Waals surface area contributed by atoms with E-state index in [9.17, 15) is 0 Å². The van der Waals surface area contributed by atoms with E-state index in [4.69, 9.17) is 11.0 Å². The normalized spacial score (nSPS) is 10.1. The molecule has 5 heteroatoms. The molecule has 0 aliphatic carbocycles. The predicted octanol–water partition coefficient (Wildman–Crippen LogP) is 2.94. The van der Waals surface area contributed by atoms with Crippen LogP contribution in [0, 0.1) is 18.3 Å². The summed E-state index contributed by atoms with van der Waals surface area (Å²) in [6.45, 7) is 4.04. The third kappa shape index (κ3) is 3.23. The number of hydrogen-bond donors (Lipinski definition) is 2. The van der Waals surface area contributed by atoms with Crippen molar-refractivity contribution in [2.24, 2.45) is 0 Å². The molecule has 0 amide bonds. The van der Waals surface area contributed by atoms with E-state index in [2.05, 4.69) is 28.3 Å². The molecular weight excluding hydrogens is 250 g/mol. The summed E-state index contributed by atoms with van der Waals surface area (Å²) in [4.78, 5) is 8.63. The van der Waals surface area contributed by atoms with Crippen molar-refractivity contribution >= 4 is 17.3 Å². The minimum absolute atomic E-state index is 0.444. The average Bonchev–Trinajstić information content (AvgIpc) is 2.41. The zero-order chi connectivity index (χ0) is 14.5. The van der Waals surface area contributed by atoms with E-state index in [1.807, 2.05) is 13.0 Å². The number of rotatable bonds is 4. The molecule has 20 heavy (non-hydrogen) atoms. The Kier molecular flexibility index (Phi) is 4.16. The van der Waals surface area contributed by atoms with Gasteiger partial charge >= 0.3 is 0 Å². The molecule has 0 saturated carbocycles. The Morgan fingerprint density at radius 2 is 2.10 bits per heavy atom. The molecule has 0 radical (unpaired) electrons. The number of nitrogen functional groups attached to an aromatic ring is 1. The summed E-state index contributed by atoms with van der Waals surface area (Å²) in [6, 6.07) is 9.31. The monoisotopic (exact) mass is 267 g/mol. The first kappa shape index (κ1) is 13.8. The van der Waals surface area contributed by atoms with E-state index in [-0.39, 0.29) is 0 Å². The maximum absolute atomic E-state index is 8.95. The molecule has 1 aromatic heterocycles. The molecule has 2 aromatic rings. The molecule has 2 rings (SSSR count). The van der Waals surface area contributed by atoms with Crippen molar-refractivity contribution in [2.45, 2.75) is 26.7 Å². The van der Waals surface area contributed by atoms with Crippen molar-refractivity contribution in [1.29, 1.82) is 5.26 Å². The zero-order valence-electron chi connectivity index (χ0n) is 11.6. The minimum Gasteiger partial charge on any atom is -0.384 e. The number of aryl methyl sites for hydroxylation is 2. The van der Waals surface area contributed by atoms with Gasteiger partial charge in [-0.2, -0.15) is 5.26 Å². The van der Waals surface area contributed by atoms with Crippen LogP contribution >= 0.6 is 0 Å². The number of benzene rings is 1. The van der Waals surface area contributed by atoms with Gasteiger partial charge in [-0.15, -0.1) is 0 Å². The van der Waals surface area contributed by atoms with Crippen LogP contribution in [0.3, 0.4) is 0 Å². The van der Waals surface area contributed by atoms with Crippen molar-refractivity contribution in [3.8, 4) is 6.07 Å². The van der Waals surface area contributed by atoms with Crippen molar-refractivity contribution < 1.29 is 0 Å². The first-order valence-corrected chi connectivity index (χ1v) is 6.53. The molecule has 3 N–H and O–H groups in total. The molecule has 5 nitrogen and oxygen atoms in total. The Balaban J connectivity index is 2.32. The molecule has 0 unspecified atom stereocenters. The summed E-state index contributed by atoms with van der Waals surface area (Å²) in [7, 11) is 0. The van der Waals surface area contributed by atoms with E-state index in [0.29, 0.717) is 17.2 Å². The number of aromatic nitrogens is 2. The number of nitrogens with zero attached hydrogens (tertiary/aromatic N) is 3. The maximum Gasteiger partial charge on any atom is 0.136 e. The van der Waals surface area contributed by atoms with Crippen LogP contribution in [0.4, 0.5) is 17.3 Å². The molecule has 1 aromatic carbocycles. The van der Waals surface area contributed by atoms with Gasteiger partial charge in [0.15, 0.2) is 0 Å². The highest BCUT2D eigenvalue weighted by Gasteiger charge is 2.05. The van der Waals surface area contributed by atoms with Gasteiger partial charge in [0.2, 0.25) is 0 Å². The Morgan fingerprint density at radius 3 is 2.80 bits per heavy atom. The van der Waals surface area contributed by atoms with Crippen molar-refractivity contribution in [3.05, 3.63) is 41.2 Å².